The first-order valence-electron chi connectivity index (χ1n) is 12.6. The fourth-order valence-corrected chi connectivity index (χ4v) is 6.41. The summed E-state index contributed by atoms with van der Waals surface area (Å²) in [6, 6.07) is 6.08. The molecule has 5 rings (SSSR count). The van der Waals surface area contributed by atoms with Gasteiger partial charge in [0.05, 0.1) is 21.3 Å². The topological polar surface area (TPSA) is 83.8 Å². The number of rotatable bonds is 6. The van der Waals surface area contributed by atoms with Gasteiger partial charge in [0.25, 0.3) is 0 Å². The molecule has 0 bridgehead atoms. The lowest BCUT2D eigenvalue weighted by molar-refractivity contribution is 0.0541. The third-order valence-electron chi connectivity index (χ3n) is 8.27. The second-order valence-corrected chi connectivity index (χ2v) is 9.92. The highest BCUT2D eigenvalue weighted by Gasteiger charge is 2.40. The first-order chi connectivity index (χ1) is 17.0. The van der Waals surface area contributed by atoms with E-state index in [0.717, 1.165) is 79.7 Å². The van der Waals surface area contributed by atoms with Crippen LogP contribution in [0, 0.1) is 11.8 Å². The zero-order valence-electron chi connectivity index (χ0n) is 21.1. The van der Waals surface area contributed by atoms with Crippen molar-refractivity contribution in [2.24, 2.45) is 16.8 Å². The van der Waals surface area contributed by atoms with E-state index in [4.69, 9.17) is 19.2 Å². The number of hydrogen-bond acceptors (Lipinski definition) is 7. The summed E-state index contributed by atoms with van der Waals surface area (Å²) < 4.78 is 16.4. The van der Waals surface area contributed by atoms with Crippen LogP contribution in [0.15, 0.2) is 23.2 Å². The van der Waals surface area contributed by atoms with Gasteiger partial charge in [0.1, 0.15) is 0 Å². The molecule has 7 heteroatoms. The second-order valence-electron chi connectivity index (χ2n) is 9.92. The molecule has 0 amide bonds. The number of benzene rings is 2. The number of phenolic OH excluding ortho intramolecular Hbond substituents is 2. The molecule has 2 N–H and O–H groups in total. The highest BCUT2D eigenvalue weighted by atomic mass is 16.5. The molecule has 1 fully saturated rings. The molecule has 3 aliphatic heterocycles. The summed E-state index contributed by atoms with van der Waals surface area (Å²) in [6.45, 7) is 5.01. The van der Waals surface area contributed by atoms with E-state index in [9.17, 15) is 10.2 Å². The molecule has 3 aliphatic rings. The number of nitrogens with zero attached hydrogens (tertiary/aromatic N) is 2. The molecule has 2 aromatic rings. The molecule has 3 unspecified atom stereocenters. The number of phenols is 2. The van der Waals surface area contributed by atoms with Gasteiger partial charge in [-0.1, -0.05) is 13.3 Å². The molecular formula is C28H36N2O5. The van der Waals surface area contributed by atoms with Crippen molar-refractivity contribution in [3.8, 4) is 28.7 Å². The van der Waals surface area contributed by atoms with Crippen molar-refractivity contribution in [1.82, 2.24) is 4.90 Å². The number of piperidine rings is 1. The van der Waals surface area contributed by atoms with E-state index < -0.39 is 0 Å². The highest BCUT2D eigenvalue weighted by Crippen LogP contribution is 2.50. The number of hydrogen-bond donors (Lipinski definition) is 2. The van der Waals surface area contributed by atoms with Gasteiger partial charge in [-0.15, -0.1) is 0 Å². The summed E-state index contributed by atoms with van der Waals surface area (Å²) >= 11 is 0. The van der Waals surface area contributed by atoms with Crippen molar-refractivity contribution in [1.29, 1.82) is 0 Å². The summed E-state index contributed by atoms with van der Waals surface area (Å²) in [6.07, 6.45) is 4.67. The minimum atomic E-state index is 0.190. The molecule has 7 nitrogen and oxygen atoms in total. The van der Waals surface area contributed by atoms with E-state index in [1.807, 2.05) is 12.1 Å². The molecule has 3 heterocycles. The molecule has 1 saturated heterocycles. The van der Waals surface area contributed by atoms with Crippen LogP contribution in [0.3, 0.4) is 0 Å². The Labute approximate surface area is 207 Å². The second kappa shape index (κ2) is 9.61. The number of ether oxygens (including phenoxy) is 3. The van der Waals surface area contributed by atoms with Gasteiger partial charge in [-0.25, -0.2) is 0 Å². The largest absolute Gasteiger partial charge is 0.504 e. The van der Waals surface area contributed by atoms with Gasteiger partial charge >= 0.3 is 0 Å². The summed E-state index contributed by atoms with van der Waals surface area (Å²) in [5.74, 6) is 2.95. The number of fused-ring (bicyclic) bond motifs is 4. The Morgan fingerprint density at radius 2 is 1.80 bits per heavy atom. The maximum Gasteiger partial charge on any atom is 0.203 e. The normalized spacial score (nSPS) is 23.5. The van der Waals surface area contributed by atoms with Crippen LogP contribution in [0.5, 0.6) is 28.7 Å². The van der Waals surface area contributed by atoms with Gasteiger partial charge in [-0.3, -0.25) is 9.89 Å². The molecule has 3 atom stereocenters. The summed E-state index contributed by atoms with van der Waals surface area (Å²) in [5, 5.41) is 21.2. The minimum Gasteiger partial charge on any atom is -0.504 e. The van der Waals surface area contributed by atoms with Crippen LogP contribution in [-0.2, 0) is 12.8 Å². The Hall–Kier alpha value is -2.93. The van der Waals surface area contributed by atoms with Gasteiger partial charge in [0.15, 0.2) is 23.0 Å². The van der Waals surface area contributed by atoms with E-state index in [1.54, 1.807) is 21.3 Å². The lowest BCUT2D eigenvalue weighted by atomic mass is 9.73. The third-order valence-corrected chi connectivity index (χ3v) is 8.27. The lowest BCUT2D eigenvalue weighted by Crippen LogP contribution is -2.46. The van der Waals surface area contributed by atoms with Crippen molar-refractivity contribution >= 4 is 5.71 Å². The summed E-state index contributed by atoms with van der Waals surface area (Å²) in [4.78, 5) is 7.52. The molecule has 0 spiro atoms. The molecular weight excluding hydrogens is 444 g/mol. The highest BCUT2D eigenvalue weighted by molar-refractivity contribution is 6.03. The fourth-order valence-electron chi connectivity index (χ4n) is 6.41. The van der Waals surface area contributed by atoms with Gasteiger partial charge in [-0.2, -0.15) is 0 Å². The van der Waals surface area contributed by atoms with Crippen molar-refractivity contribution in [2.45, 2.75) is 45.1 Å². The summed E-state index contributed by atoms with van der Waals surface area (Å²) in [7, 11) is 4.77. The average molecular weight is 481 g/mol. The van der Waals surface area contributed by atoms with E-state index in [2.05, 4.69) is 17.9 Å². The Kier molecular flexibility index (Phi) is 6.53. The number of methoxy groups -OCH3 is 3. The third kappa shape index (κ3) is 4.10. The van der Waals surface area contributed by atoms with Crippen molar-refractivity contribution in [2.75, 3.05) is 41.0 Å². The molecule has 188 valence electrons. The van der Waals surface area contributed by atoms with E-state index in [1.165, 1.54) is 0 Å². The van der Waals surface area contributed by atoms with Crippen LogP contribution in [0.2, 0.25) is 0 Å². The fraction of sp³-hybridized carbons (Fsp3) is 0.536. The summed E-state index contributed by atoms with van der Waals surface area (Å²) in [5.41, 5.74) is 5.51. The minimum absolute atomic E-state index is 0.190. The Balaban J connectivity index is 1.47. The average Bonchev–Trinajstić information content (AvgIpc) is 2.87. The van der Waals surface area contributed by atoms with Crippen molar-refractivity contribution < 1.29 is 24.4 Å². The first-order valence-corrected chi connectivity index (χ1v) is 12.6. The maximum atomic E-state index is 11.0. The molecule has 0 aromatic heterocycles. The van der Waals surface area contributed by atoms with E-state index in [-0.39, 0.29) is 17.5 Å². The predicted octanol–water partition coefficient (Wildman–Crippen LogP) is 4.50. The number of aliphatic imine (C=N–C) groups is 1. The van der Waals surface area contributed by atoms with E-state index in [0.29, 0.717) is 29.1 Å². The molecule has 0 aliphatic carbocycles. The van der Waals surface area contributed by atoms with E-state index >= 15 is 0 Å². The molecule has 35 heavy (non-hydrogen) atoms. The van der Waals surface area contributed by atoms with Crippen molar-refractivity contribution in [3.05, 3.63) is 40.5 Å². The van der Waals surface area contributed by atoms with Crippen LogP contribution in [0.25, 0.3) is 0 Å². The van der Waals surface area contributed by atoms with Gasteiger partial charge in [0, 0.05) is 42.5 Å². The smallest absolute Gasteiger partial charge is 0.203 e. The SMILES string of the molecule is CCC1CN2CCc3c(cc(OC)c(OC)c3O)C2CC1CC1=NCCc2cc(O)c(OC)cc21. The standard InChI is InChI=1S/C28H36N2O5/c1-5-16-15-30-9-7-19-21(14-26(34-3)28(35-4)27(19)32)23(30)11-18(16)10-22-20-13-25(33-2)24(31)12-17(20)6-8-29-22/h12-14,16,18,23,31-32H,5-11,15H2,1-4H3. The zero-order valence-corrected chi connectivity index (χ0v) is 21.1. The van der Waals surface area contributed by atoms with Crippen molar-refractivity contribution in [3.63, 3.8) is 0 Å². The zero-order chi connectivity index (χ0) is 24.7. The van der Waals surface area contributed by atoms with Crippen LogP contribution in [0.4, 0.5) is 0 Å². The van der Waals surface area contributed by atoms with Crippen LogP contribution < -0.4 is 14.2 Å². The van der Waals surface area contributed by atoms with Gasteiger partial charge in [-0.05, 0) is 66.8 Å². The van der Waals surface area contributed by atoms with Crippen LogP contribution in [-0.4, -0.2) is 61.8 Å². The Bertz CT molecular complexity index is 1140. The Morgan fingerprint density at radius 1 is 1.00 bits per heavy atom. The molecule has 0 radical (unpaired) electrons. The Morgan fingerprint density at radius 3 is 2.51 bits per heavy atom. The van der Waals surface area contributed by atoms with Gasteiger partial charge < -0.3 is 24.4 Å². The van der Waals surface area contributed by atoms with Gasteiger partial charge in [0.2, 0.25) is 5.75 Å². The maximum absolute atomic E-state index is 11.0. The first kappa shape index (κ1) is 23.8. The van der Waals surface area contributed by atoms with Crippen LogP contribution in [0.1, 0.15) is 54.5 Å². The predicted molar refractivity (Wildman–Crippen MR) is 136 cm³/mol. The quantitative estimate of drug-likeness (QED) is 0.633. The molecule has 0 saturated carbocycles. The van der Waals surface area contributed by atoms with Crippen LogP contribution >= 0.6 is 0 Å². The monoisotopic (exact) mass is 480 g/mol. The number of aromatic hydroxyl groups is 2. The lowest BCUT2D eigenvalue weighted by Gasteiger charge is -2.47. The molecule has 2 aromatic carbocycles.